The second-order valence-electron chi connectivity index (χ2n) is 5.49. The third-order valence-electron chi connectivity index (χ3n) is 3.87. The number of nitrogens with zero attached hydrogens (tertiary/aromatic N) is 2. The molecular formula is C14H18F3N3O. The molecule has 0 aromatic carbocycles. The Hall–Kier alpha value is -1.21. The van der Waals surface area contributed by atoms with Gasteiger partial charge in [-0.3, -0.25) is 0 Å². The lowest BCUT2D eigenvalue weighted by Gasteiger charge is -2.23. The summed E-state index contributed by atoms with van der Waals surface area (Å²) >= 11 is 0. The lowest BCUT2D eigenvalue weighted by Crippen LogP contribution is -2.30. The van der Waals surface area contributed by atoms with Crippen molar-refractivity contribution in [2.75, 3.05) is 13.2 Å². The van der Waals surface area contributed by atoms with Gasteiger partial charge in [-0.05, 0) is 38.6 Å². The molecule has 1 aliphatic carbocycles. The first-order chi connectivity index (χ1) is 10.0. The van der Waals surface area contributed by atoms with E-state index in [1.165, 1.54) is 0 Å². The highest BCUT2D eigenvalue weighted by atomic mass is 19.4. The topological polar surface area (TPSA) is 47.0 Å². The van der Waals surface area contributed by atoms with Crippen molar-refractivity contribution in [2.24, 2.45) is 5.92 Å². The van der Waals surface area contributed by atoms with Crippen molar-refractivity contribution in [2.45, 2.75) is 45.0 Å². The summed E-state index contributed by atoms with van der Waals surface area (Å²) in [5, 5.41) is 3.06. The van der Waals surface area contributed by atoms with Crippen molar-refractivity contribution in [1.82, 2.24) is 15.3 Å². The van der Waals surface area contributed by atoms with E-state index in [2.05, 4.69) is 15.3 Å². The zero-order valence-electron chi connectivity index (χ0n) is 11.8. The number of hydrogen-bond donors (Lipinski definition) is 1. The molecule has 1 aromatic heterocycles. The summed E-state index contributed by atoms with van der Waals surface area (Å²) in [7, 11) is 0. The monoisotopic (exact) mass is 301 g/mol. The lowest BCUT2D eigenvalue weighted by molar-refractivity contribution is -0.142. The lowest BCUT2D eigenvalue weighted by atomic mass is 10.0. The van der Waals surface area contributed by atoms with Crippen LogP contribution in [0.4, 0.5) is 13.2 Å². The Kier molecular flexibility index (Phi) is 3.88. The summed E-state index contributed by atoms with van der Waals surface area (Å²) < 4.78 is 45.4. The largest absolute Gasteiger partial charge is 0.433 e. The fraction of sp³-hybridized carbons (Fsp3) is 0.714. The van der Waals surface area contributed by atoms with Gasteiger partial charge >= 0.3 is 6.18 Å². The van der Waals surface area contributed by atoms with Crippen LogP contribution in [-0.4, -0.2) is 23.1 Å². The van der Waals surface area contributed by atoms with Crippen molar-refractivity contribution in [3.05, 3.63) is 22.8 Å². The molecule has 3 rings (SSSR count). The molecular weight excluding hydrogens is 283 g/mol. The second-order valence-corrected chi connectivity index (χ2v) is 5.49. The zero-order chi connectivity index (χ0) is 15.0. The molecule has 0 amide bonds. The maximum atomic E-state index is 13.3. The number of rotatable bonds is 4. The van der Waals surface area contributed by atoms with E-state index in [0.29, 0.717) is 31.8 Å². The van der Waals surface area contributed by atoms with Crippen LogP contribution in [0, 0.1) is 5.92 Å². The molecule has 0 spiro atoms. The van der Waals surface area contributed by atoms with Gasteiger partial charge in [0.15, 0.2) is 11.5 Å². The molecule has 0 radical (unpaired) electrons. The van der Waals surface area contributed by atoms with Gasteiger partial charge in [0.1, 0.15) is 6.10 Å². The molecule has 0 bridgehead atoms. The van der Waals surface area contributed by atoms with Gasteiger partial charge in [-0.2, -0.15) is 13.2 Å². The first-order valence-corrected chi connectivity index (χ1v) is 7.30. The molecule has 1 N–H and O–H groups in total. The molecule has 2 heterocycles. The predicted molar refractivity (Wildman–Crippen MR) is 69.5 cm³/mol. The van der Waals surface area contributed by atoms with Gasteiger partial charge in [0.05, 0.1) is 5.69 Å². The van der Waals surface area contributed by atoms with Crippen LogP contribution in [0.5, 0.6) is 0 Å². The summed E-state index contributed by atoms with van der Waals surface area (Å²) in [6.45, 7) is 3.16. The highest BCUT2D eigenvalue weighted by Gasteiger charge is 2.41. The smallest absolute Gasteiger partial charge is 0.370 e. The standard InChI is InChI=1S/C14H18F3N3O/c1-2-21-11(8-3-4-8)13-19-10-7-18-6-5-9(10)12(20-13)14(15,16)17/h8,11,18H,2-7H2,1H3. The zero-order valence-corrected chi connectivity index (χ0v) is 11.8. The fourth-order valence-corrected chi connectivity index (χ4v) is 2.74. The number of ether oxygens (including phenoxy) is 1. The Balaban J connectivity index is 2.04. The van der Waals surface area contributed by atoms with E-state index in [1.807, 2.05) is 6.92 Å². The van der Waals surface area contributed by atoms with E-state index in [-0.39, 0.29) is 17.3 Å². The molecule has 4 nitrogen and oxygen atoms in total. The molecule has 0 saturated heterocycles. The van der Waals surface area contributed by atoms with Crippen LogP contribution >= 0.6 is 0 Å². The minimum Gasteiger partial charge on any atom is -0.370 e. The van der Waals surface area contributed by atoms with Crippen molar-refractivity contribution >= 4 is 0 Å². The number of hydrogen-bond acceptors (Lipinski definition) is 4. The molecule has 1 unspecified atom stereocenters. The Morgan fingerprint density at radius 2 is 2.10 bits per heavy atom. The summed E-state index contributed by atoms with van der Waals surface area (Å²) in [5.74, 6) is 0.440. The van der Waals surface area contributed by atoms with Gasteiger partial charge in [0.2, 0.25) is 0 Å². The maximum Gasteiger partial charge on any atom is 0.433 e. The normalized spacial score (nSPS) is 20.2. The molecule has 21 heavy (non-hydrogen) atoms. The van der Waals surface area contributed by atoms with Crippen molar-refractivity contribution in [3.8, 4) is 0 Å². The van der Waals surface area contributed by atoms with Gasteiger partial charge in [0.25, 0.3) is 0 Å². The van der Waals surface area contributed by atoms with E-state index >= 15 is 0 Å². The van der Waals surface area contributed by atoms with Crippen LogP contribution < -0.4 is 5.32 Å². The second kappa shape index (κ2) is 5.53. The summed E-state index contributed by atoms with van der Waals surface area (Å²) in [6, 6.07) is 0. The van der Waals surface area contributed by atoms with E-state index < -0.39 is 18.0 Å². The number of halogens is 3. The van der Waals surface area contributed by atoms with Gasteiger partial charge in [0, 0.05) is 18.7 Å². The molecule has 1 atom stereocenters. The Morgan fingerprint density at radius 3 is 2.71 bits per heavy atom. The SMILES string of the molecule is CCOC(c1nc2c(c(C(F)(F)F)n1)CCNC2)C1CC1. The molecule has 1 saturated carbocycles. The minimum atomic E-state index is -4.45. The number of nitrogens with one attached hydrogen (secondary N) is 1. The third-order valence-corrected chi connectivity index (χ3v) is 3.87. The maximum absolute atomic E-state index is 13.3. The molecule has 7 heteroatoms. The van der Waals surface area contributed by atoms with Crippen LogP contribution in [0.2, 0.25) is 0 Å². The average Bonchev–Trinajstić information content (AvgIpc) is 3.27. The van der Waals surface area contributed by atoms with E-state index in [4.69, 9.17) is 4.74 Å². The molecule has 2 aliphatic rings. The van der Waals surface area contributed by atoms with Crippen LogP contribution in [0.25, 0.3) is 0 Å². The highest BCUT2D eigenvalue weighted by Crippen LogP contribution is 2.43. The Labute approximate surface area is 121 Å². The quantitative estimate of drug-likeness (QED) is 0.928. The molecule has 1 aromatic rings. The molecule has 1 fully saturated rings. The van der Waals surface area contributed by atoms with Crippen molar-refractivity contribution in [3.63, 3.8) is 0 Å². The van der Waals surface area contributed by atoms with Crippen molar-refractivity contribution in [1.29, 1.82) is 0 Å². The average molecular weight is 301 g/mol. The van der Waals surface area contributed by atoms with Gasteiger partial charge < -0.3 is 10.1 Å². The van der Waals surface area contributed by atoms with Crippen molar-refractivity contribution < 1.29 is 17.9 Å². The number of alkyl halides is 3. The predicted octanol–water partition coefficient (Wildman–Crippen LogP) is 2.63. The van der Waals surface area contributed by atoms with Gasteiger partial charge in [-0.25, -0.2) is 9.97 Å². The summed E-state index contributed by atoms with van der Waals surface area (Å²) in [6.07, 6.45) is -2.62. The first-order valence-electron chi connectivity index (χ1n) is 7.30. The summed E-state index contributed by atoms with van der Waals surface area (Å²) in [5.41, 5.74) is -0.0886. The van der Waals surface area contributed by atoms with E-state index in [9.17, 15) is 13.2 Å². The fourth-order valence-electron chi connectivity index (χ4n) is 2.74. The number of fused-ring (bicyclic) bond motifs is 1. The van der Waals surface area contributed by atoms with Crippen LogP contribution in [-0.2, 0) is 23.9 Å². The third kappa shape index (κ3) is 3.03. The minimum absolute atomic E-state index is 0.189. The Bertz CT molecular complexity index is 529. The van der Waals surface area contributed by atoms with Gasteiger partial charge in [-0.15, -0.1) is 0 Å². The van der Waals surface area contributed by atoms with Crippen LogP contribution in [0.15, 0.2) is 0 Å². The van der Waals surface area contributed by atoms with E-state index in [1.54, 1.807) is 0 Å². The van der Waals surface area contributed by atoms with Crippen LogP contribution in [0.1, 0.15) is 48.6 Å². The molecule has 1 aliphatic heterocycles. The van der Waals surface area contributed by atoms with E-state index in [0.717, 1.165) is 12.8 Å². The first kappa shape index (κ1) is 14.7. The van der Waals surface area contributed by atoms with Crippen LogP contribution in [0.3, 0.4) is 0 Å². The van der Waals surface area contributed by atoms with Gasteiger partial charge in [-0.1, -0.05) is 0 Å². The molecule has 116 valence electrons. The highest BCUT2D eigenvalue weighted by molar-refractivity contribution is 5.31. The summed E-state index contributed by atoms with van der Waals surface area (Å²) in [4.78, 5) is 8.22. The Morgan fingerprint density at radius 1 is 1.33 bits per heavy atom. The number of aromatic nitrogens is 2.